The molecule has 1 heterocycles. The molecule has 0 bridgehead atoms. The highest BCUT2D eigenvalue weighted by Gasteiger charge is 2.27. The minimum atomic E-state index is -3.75. The number of hydrogen-bond acceptors (Lipinski definition) is 5. The molecule has 0 fully saturated rings. The second kappa shape index (κ2) is 11.3. The fourth-order valence-electron chi connectivity index (χ4n) is 3.96. The number of hydrogen-bond donors (Lipinski definition) is 0. The first kappa shape index (κ1) is 26.8. The first-order chi connectivity index (χ1) is 16.5. The van der Waals surface area contributed by atoms with Gasteiger partial charge in [0.05, 0.1) is 31.3 Å². The molecule has 0 N–H and O–H groups in total. The maximum Gasteiger partial charge on any atom is 0.254 e. The number of sulfone groups is 1. The van der Waals surface area contributed by atoms with Gasteiger partial charge in [-0.05, 0) is 61.7 Å². The minimum Gasteiger partial charge on any atom is -0.497 e. The number of methoxy groups -OCH3 is 1. The number of carbonyl (C=O) groups is 1. The van der Waals surface area contributed by atoms with E-state index in [1.165, 1.54) is 0 Å². The van der Waals surface area contributed by atoms with Crippen molar-refractivity contribution in [2.45, 2.75) is 51.2 Å². The van der Waals surface area contributed by atoms with Gasteiger partial charge in [0.2, 0.25) is 15.0 Å². The van der Waals surface area contributed by atoms with Gasteiger partial charge in [0, 0.05) is 23.2 Å². The Morgan fingerprint density at radius 1 is 1.11 bits per heavy atom. The van der Waals surface area contributed by atoms with Crippen LogP contribution in [-0.2, 0) is 22.1 Å². The van der Waals surface area contributed by atoms with Crippen LogP contribution < -0.4 is 4.74 Å². The summed E-state index contributed by atoms with van der Waals surface area (Å²) < 4.78 is 33.5. The van der Waals surface area contributed by atoms with E-state index in [2.05, 4.69) is 4.98 Å². The van der Waals surface area contributed by atoms with Gasteiger partial charge in [0.15, 0.2) is 0 Å². The second-order valence-corrected chi connectivity index (χ2v) is 11.5. The zero-order valence-electron chi connectivity index (χ0n) is 20.7. The molecule has 2 aromatic carbocycles. The number of halogens is 1. The number of benzene rings is 2. The predicted octanol–water partition coefficient (Wildman–Crippen LogP) is 5.40. The molecule has 3 rings (SSSR count). The molecule has 1 amide bonds. The smallest absolute Gasteiger partial charge is 0.254 e. The molecular weight excluding hydrogens is 486 g/mol. The van der Waals surface area contributed by atoms with E-state index < -0.39 is 9.84 Å². The molecule has 1 aromatic heterocycles. The number of rotatable bonds is 10. The quantitative estimate of drug-likeness (QED) is 0.359. The molecule has 0 atom stereocenters. The van der Waals surface area contributed by atoms with Crippen LogP contribution in [0.15, 0.2) is 59.9 Å². The average Bonchev–Trinajstić information content (AvgIpc) is 3.22. The molecular formula is C26H32ClN3O4S. The first-order valence-corrected chi connectivity index (χ1v) is 13.5. The fraction of sp³-hybridized carbons (Fsp3) is 0.385. The van der Waals surface area contributed by atoms with Gasteiger partial charge in [-0.3, -0.25) is 4.79 Å². The van der Waals surface area contributed by atoms with Gasteiger partial charge < -0.3 is 14.2 Å². The van der Waals surface area contributed by atoms with Crippen molar-refractivity contribution in [1.82, 2.24) is 14.5 Å². The molecule has 188 valence electrons. The molecule has 35 heavy (non-hydrogen) atoms. The van der Waals surface area contributed by atoms with Crippen molar-refractivity contribution < 1.29 is 17.9 Å². The van der Waals surface area contributed by atoms with Crippen molar-refractivity contribution in [3.63, 3.8) is 0 Å². The van der Waals surface area contributed by atoms with Gasteiger partial charge >= 0.3 is 0 Å². The summed E-state index contributed by atoms with van der Waals surface area (Å²) in [4.78, 5) is 19.4. The zero-order valence-corrected chi connectivity index (χ0v) is 22.3. The van der Waals surface area contributed by atoms with Crippen molar-refractivity contribution in [2.24, 2.45) is 5.92 Å². The normalized spacial score (nSPS) is 11.8. The van der Waals surface area contributed by atoms with Crippen LogP contribution >= 0.6 is 11.6 Å². The molecule has 0 saturated heterocycles. The van der Waals surface area contributed by atoms with Crippen molar-refractivity contribution >= 4 is 27.3 Å². The lowest BCUT2D eigenvalue weighted by Gasteiger charge is -2.26. The van der Waals surface area contributed by atoms with E-state index in [-0.39, 0.29) is 35.3 Å². The molecule has 3 aromatic rings. The van der Waals surface area contributed by atoms with E-state index >= 15 is 0 Å². The Hall–Kier alpha value is -2.84. The van der Waals surface area contributed by atoms with Gasteiger partial charge in [0.25, 0.3) is 5.91 Å². The monoisotopic (exact) mass is 517 g/mol. The third-order valence-electron chi connectivity index (χ3n) is 5.44. The van der Waals surface area contributed by atoms with Crippen molar-refractivity contribution in [1.29, 1.82) is 0 Å². The average molecular weight is 518 g/mol. The lowest BCUT2D eigenvalue weighted by atomic mass is 10.1. The minimum absolute atomic E-state index is 0.0103. The molecule has 0 radical (unpaired) electrons. The topological polar surface area (TPSA) is 81.5 Å². The van der Waals surface area contributed by atoms with Gasteiger partial charge in [0.1, 0.15) is 5.75 Å². The fourth-order valence-corrected chi connectivity index (χ4v) is 5.76. The Kier molecular flexibility index (Phi) is 8.61. The van der Waals surface area contributed by atoms with Gasteiger partial charge in [-0.15, -0.1) is 0 Å². The lowest BCUT2D eigenvalue weighted by Crippen LogP contribution is -2.34. The molecule has 0 unspecified atom stereocenters. The standard InChI is InChI=1S/C26H32ClN3O4S/c1-18(2)15-29(25(31)21-9-11-24(34-5)12-10-21)16-23-14-28-26(30(23)19(3)4)35(32,33)17-20-7-6-8-22(27)13-20/h6-14,18-19H,15-17H2,1-5H3. The summed E-state index contributed by atoms with van der Waals surface area (Å²) in [5.74, 6) is 0.543. The van der Waals surface area contributed by atoms with Crippen LogP contribution in [0.2, 0.25) is 5.02 Å². The highest BCUT2D eigenvalue weighted by molar-refractivity contribution is 7.90. The van der Waals surface area contributed by atoms with E-state index in [9.17, 15) is 13.2 Å². The third-order valence-corrected chi connectivity index (χ3v) is 7.25. The Bertz CT molecular complexity index is 1270. The van der Waals surface area contributed by atoms with E-state index in [1.54, 1.807) is 71.3 Å². The predicted molar refractivity (Wildman–Crippen MR) is 138 cm³/mol. The van der Waals surface area contributed by atoms with Crippen LogP contribution in [0.25, 0.3) is 0 Å². The van der Waals surface area contributed by atoms with Gasteiger partial charge in [-0.1, -0.05) is 37.6 Å². The molecule has 0 saturated carbocycles. The molecule has 0 spiro atoms. The largest absolute Gasteiger partial charge is 0.497 e. The van der Waals surface area contributed by atoms with Crippen LogP contribution in [0.3, 0.4) is 0 Å². The Morgan fingerprint density at radius 3 is 2.37 bits per heavy atom. The summed E-state index contributed by atoms with van der Waals surface area (Å²) in [6, 6.07) is 13.6. The van der Waals surface area contributed by atoms with Crippen LogP contribution in [-0.4, -0.2) is 42.4 Å². The molecule has 0 aliphatic heterocycles. The molecule has 0 aliphatic rings. The Labute approximate surface area is 212 Å². The molecule has 7 nitrogen and oxygen atoms in total. The van der Waals surface area contributed by atoms with Crippen LogP contribution in [0.1, 0.15) is 55.4 Å². The number of carbonyl (C=O) groups excluding carboxylic acids is 1. The SMILES string of the molecule is COc1ccc(C(=O)N(Cc2cnc(S(=O)(=O)Cc3cccc(Cl)c3)n2C(C)C)CC(C)C)cc1. The zero-order chi connectivity index (χ0) is 25.8. The molecule has 9 heteroatoms. The summed E-state index contributed by atoms with van der Waals surface area (Å²) in [6.45, 7) is 8.63. The maximum atomic E-state index is 13.4. The number of ether oxygens (including phenoxy) is 1. The van der Waals surface area contributed by atoms with E-state index in [1.807, 2.05) is 27.7 Å². The summed E-state index contributed by atoms with van der Waals surface area (Å²) in [6.07, 6.45) is 1.56. The maximum absolute atomic E-state index is 13.4. The third kappa shape index (κ3) is 6.64. The van der Waals surface area contributed by atoms with Crippen LogP contribution in [0, 0.1) is 5.92 Å². The van der Waals surface area contributed by atoms with Crippen molar-refractivity contribution in [3.05, 3.63) is 76.6 Å². The first-order valence-electron chi connectivity index (χ1n) is 11.5. The summed E-state index contributed by atoms with van der Waals surface area (Å²) in [5, 5.41) is 0.468. The number of imidazole rings is 1. The summed E-state index contributed by atoms with van der Waals surface area (Å²) in [7, 11) is -2.17. The highest BCUT2D eigenvalue weighted by atomic mass is 35.5. The van der Waals surface area contributed by atoms with Crippen LogP contribution in [0.4, 0.5) is 0 Å². The number of nitrogens with zero attached hydrogens (tertiary/aromatic N) is 3. The second-order valence-electron chi connectivity index (χ2n) is 9.19. The summed E-state index contributed by atoms with van der Waals surface area (Å²) >= 11 is 6.04. The lowest BCUT2D eigenvalue weighted by molar-refractivity contribution is 0.0717. The summed E-state index contributed by atoms with van der Waals surface area (Å²) in [5.41, 5.74) is 1.79. The highest BCUT2D eigenvalue weighted by Crippen LogP contribution is 2.24. The van der Waals surface area contributed by atoms with E-state index in [0.29, 0.717) is 34.1 Å². The molecule has 0 aliphatic carbocycles. The van der Waals surface area contributed by atoms with Gasteiger partial charge in [-0.25, -0.2) is 13.4 Å². The Morgan fingerprint density at radius 2 is 1.80 bits per heavy atom. The van der Waals surface area contributed by atoms with E-state index in [4.69, 9.17) is 16.3 Å². The van der Waals surface area contributed by atoms with Gasteiger partial charge in [-0.2, -0.15) is 0 Å². The van der Waals surface area contributed by atoms with Crippen molar-refractivity contribution in [2.75, 3.05) is 13.7 Å². The number of amides is 1. The van der Waals surface area contributed by atoms with Crippen molar-refractivity contribution in [3.8, 4) is 5.75 Å². The van der Waals surface area contributed by atoms with Crippen LogP contribution in [0.5, 0.6) is 5.75 Å². The Balaban J connectivity index is 1.94. The van der Waals surface area contributed by atoms with E-state index in [0.717, 1.165) is 0 Å². The number of aromatic nitrogens is 2.